The van der Waals surface area contributed by atoms with Crippen LogP contribution < -0.4 is 10.6 Å². The van der Waals surface area contributed by atoms with Crippen molar-refractivity contribution in [1.82, 2.24) is 25.2 Å². The second-order valence-corrected chi connectivity index (χ2v) is 5.84. The van der Waals surface area contributed by atoms with Gasteiger partial charge in [0.25, 0.3) is 0 Å². The van der Waals surface area contributed by atoms with Gasteiger partial charge >= 0.3 is 0 Å². The Labute approximate surface area is 174 Å². The Balaban J connectivity index is 0.00000243. The van der Waals surface area contributed by atoms with Crippen molar-refractivity contribution in [2.75, 3.05) is 7.05 Å². The van der Waals surface area contributed by atoms with Crippen LogP contribution in [0.1, 0.15) is 11.1 Å². The summed E-state index contributed by atoms with van der Waals surface area (Å²) in [4.78, 5) is 12.7. The lowest BCUT2D eigenvalue weighted by Gasteiger charge is -2.12. The number of nitrogens with zero attached hydrogens (tertiary/aromatic N) is 4. The first-order valence-corrected chi connectivity index (χ1v) is 8.24. The van der Waals surface area contributed by atoms with Crippen LogP contribution in [0.25, 0.3) is 5.82 Å². The highest BCUT2D eigenvalue weighted by Gasteiger charge is 2.01. The Morgan fingerprint density at radius 3 is 2.35 bits per heavy atom. The molecule has 26 heavy (non-hydrogen) atoms. The molecule has 0 radical (unpaired) electrons. The molecule has 2 heterocycles. The van der Waals surface area contributed by atoms with Crippen LogP contribution in [0.4, 0.5) is 0 Å². The number of imidazole rings is 1. The highest BCUT2D eigenvalue weighted by molar-refractivity contribution is 14.0. The molecule has 0 amide bonds. The van der Waals surface area contributed by atoms with Crippen molar-refractivity contribution in [2.24, 2.45) is 4.99 Å². The zero-order chi connectivity index (χ0) is 17.5. The number of benzene rings is 1. The van der Waals surface area contributed by atoms with E-state index in [1.807, 2.05) is 53.4 Å². The molecule has 0 saturated heterocycles. The predicted molar refractivity (Wildman–Crippen MR) is 115 cm³/mol. The van der Waals surface area contributed by atoms with Crippen molar-refractivity contribution in [3.63, 3.8) is 0 Å². The minimum Gasteiger partial charge on any atom is -0.352 e. The molecule has 0 unspecified atom stereocenters. The number of aromatic nitrogens is 3. The van der Waals surface area contributed by atoms with Crippen molar-refractivity contribution in [3.8, 4) is 5.82 Å². The zero-order valence-electron chi connectivity index (χ0n) is 14.3. The van der Waals surface area contributed by atoms with E-state index in [1.54, 1.807) is 19.6 Å². The van der Waals surface area contributed by atoms with E-state index in [2.05, 4.69) is 25.6 Å². The fraction of sp³-hybridized carbons (Fsp3) is 0.167. The molecule has 6 nitrogen and oxygen atoms in total. The summed E-state index contributed by atoms with van der Waals surface area (Å²) in [7, 11) is 1.75. The molecule has 0 atom stereocenters. The van der Waals surface area contributed by atoms with Crippen molar-refractivity contribution < 1.29 is 0 Å². The van der Waals surface area contributed by atoms with Crippen LogP contribution in [0, 0.1) is 0 Å². The van der Waals surface area contributed by atoms with Gasteiger partial charge in [-0.1, -0.05) is 29.8 Å². The van der Waals surface area contributed by atoms with E-state index in [4.69, 9.17) is 11.6 Å². The molecular weight excluding hydrogens is 463 g/mol. The van der Waals surface area contributed by atoms with Crippen molar-refractivity contribution in [3.05, 3.63) is 77.5 Å². The van der Waals surface area contributed by atoms with Gasteiger partial charge in [-0.2, -0.15) is 0 Å². The summed E-state index contributed by atoms with van der Waals surface area (Å²) in [6.45, 7) is 1.31. The second kappa shape index (κ2) is 10.1. The third-order valence-electron chi connectivity index (χ3n) is 3.63. The first-order valence-electron chi connectivity index (χ1n) is 7.87. The van der Waals surface area contributed by atoms with E-state index in [-0.39, 0.29) is 24.0 Å². The maximum absolute atomic E-state index is 5.90. The smallest absolute Gasteiger partial charge is 0.191 e. The SMILES string of the molecule is CN=C(NCc1ccc(Cl)cc1)NCc1ccc(-n2ccnc2)nc1.I. The number of hydrogen-bond acceptors (Lipinski definition) is 3. The molecule has 0 aliphatic rings. The molecule has 8 heteroatoms. The summed E-state index contributed by atoms with van der Waals surface area (Å²) < 4.78 is 1.86. The van der Waals surface area contributed by atoms with Gasteiger partial charge in [-0.15, -0.1) is 24.0 Å². The molecule has 3 aromatic rings. The number of rotatable bonds is 5. The quantitative estimate of drug-likeness (QED) is 0.332. The number of guanidine groups is 1. The third-order valence-corrected chi connectivity index (χ3v) is 3.89. The molecule has 0 aliphatic carbocycles. The number of nitrogens with one attached hydrogen (secondary N) is 2. The van der Waals surface area contributed by atoms with E-state index < -0.39 is 0 Å². The van der Waals surface area contributed by atoms with Gasteiger partial charge in [-0.3, -0.25) is 9.56 Å². The topological polar surface area (TPSA) is 67.1 Å². The van der Waals surface area contributed by atoms with Crippen LogP contribution in [-0.4, -0.2) is 27.5 Å². The lowest BCUT2D eigenvalue weighted by molar-refractivity contribution is 0.805. The molecule has 1 aromatic carbocycles. The predicted octanol–water partition coefficient (Wildman–Crippen LogP) is 3.40. The molecule has 136 valence electrons. The van der Waals surface area contributed by atoms with Crippen LogP contribution in [0.15, 0.2) is 66.3 Å². The highest BCUT2D eigenvalue weighted by atomic mass is 127. The van der Waals surface area contributed by atoms with E-state index in [0.717, 1.165) is 27.9 Å². The zero-order valence-corrected chi connectivity index (χ0v) is 17.3. The Kier molecular flexibility index (Phi) is 7.86. The van der Waals surface area contributed by atoms with Gasteiger partial charge < -0.3 is 10.6 Å². The van der Waals surface area contributed by atoms with E-state index in [0.29, 0.717) is 13.1 Å². The van der Waals surface area contributed by atoms with Crippen LogP contribution in [0.3, 0.4) is 0 Å². The summed E-state index contributed by atoms with van der Waals surface area (Å²) in [6, 6.07) is 11.7. The molecular formula is C18H20ClIN6. The normalized spacial score (nSPS) is 10.9. The summed E-state index contributed by atoms with van der Waals surface area (Å²) >= 11 is 5.90. The minimum absolute atomic E-state index is 0. The van der Waals surface area contributed by atoms with Gasteiger partial charge in [0.2, 0.25) is 0 Å². The number of hydrogen-bond donors (Lipinski definition) is 2. The van der Waals surface area contributed by atoms with E-state index in [9.17, 15) is 0 Å². The number of halogens is 2. The maximum Gasteiger partial charge on any atom is 0.191 e. The Morgan fingerprint density at radius 1 is 1.08 bits per heavy atom. The van der Waals surface area contributed by atoms with Gasteiger partial charge in [0, 0.05) is 43.8 Å². The molecule has 2 N–H and O–H groups in total. The number of pyridine rings is 1. The first kappa shape index (κ1) is 20.2. The van der Waals surface area contributed by atoms with Gasteiger partial charge in [0.15, 0.2) is 5.96 Å². The summed E-state index contributed by atoms with van der Waals surface area (Å²) in [6.07, 6.45) is 7.16. The highest BCUT2D eigenvalue weighted by Crippen LogP contribution is 2.09. The van der Waals surface area contributed by atoms with Crippen molar-refractivity contribution in [2.45, 2.75) is 13.1 Å². The minimum atomic E-state index is 0. The van der Waals surface area contributed by atoms with Crippen molar-refractivity contribution in [1.29, 1.82) is 0 Å². The molecule has 2 aromatic heterocycles. The fourth-order valence-corrected chi connectivity index (χ4v) is 2.39. The van der Waals surface area contributed by atoms with Crippen LogP contribution in [-0.2, 0) is 13.1 Å². The fourth-order valence-electron chi connectivity index (χ4n) is 2.26. The van der Waals surface area contributed by atoms with Gasteiger partial charge in [0.1, 0.15) is 12.1 Å². The van der Waals surface area contributed by atoms with E-state index >= 15 is 0 Å². The molecule has 0 saturated carbocycles. The lowest BCUT2D eigenvalue weighted by atomic mass is 10.2. The molecule has 0 fully saturated rings. The largest absolute Gasteiger partial charge is 0.352 e. The molecule has 3 rings (SSSR count). The number of aliphatic imine (C=N–C) groups is 1. The standard InChI is InChI=1S/C18H19ClN6.HI/c1-20-18(23-10-14-2-5-16(19)6-3-14)24-12-15-4-7-17(22-11-15)25-9-8-21-13-25;/h2-9,11,13H,10,12H2,1H3,(H2,20,23,24);1H. The van der Waals surface area contributed by atoms with Gasteiger partial charge in [-0.05, 0) is 29.3 Å². The third kappa shape index (κ3) is 5.70. The lowest BCUT2D eigenvalue weighted by Crippen LogP contribution is -2.36. The van der Waals surface area contributed by atoms with E-state index in [1.165, 1.54) is 0 Å². The summed E-state index contributed by atoms with van der Waals surface area (Å²) in [5, 5.41) is 7.28. The molecule has 0 bridgehead atoms. The second-order valence-electron chi connectivity index (χ2n) is 5.40. The molecule has 0 spiro atoms. The van der Waals surface area contributed by atoms with Gasteiger partial charge in [-0.25, -0.2) is 9.97 Å². The van der Waals surface area contributed by atoms with Crippen LogP contribution in [0.2, 0.25) is 5.02 Å². The average Bonchev–Trinajstić information content (AvgIpc) is 3.18. The van der Waals surface area contributed by atoms with Gasteiger partial charge in [0.05, 0.1) is 0 Å². The average molecular weight is 483 g/mol. The van der Waals surface area contributed by atoms with Crippen LogP contribution in [0.5, 0.6) is 0 Å². The first-order chi connectivity index (χ1) is 12.2. The Morgan fingerprint density at radius 2 is 1.77 bits per heavy atom. The summed E-state index contributed by atoms with van der Waals surface area (Å²) in [5.74, 6) is 1.57. The monoisotopic (exact) mass is 482 g/mol. The molecule has 0 aliphatic heterocycles. The maximum atomic E-state index is 5.90. The van der Waals surface area contributed by atoms with Crippen molar-refractivity contribution >= 4 is 41.5 Å². The van der Waals surface area contributed by atoms with Crippen LogP contribution >= 0.6 is 35.6 Å². The Bertz CT molecular complexity index is 816. The Hall–Kier alpha value is -2.13. The summed E-state index contributed by atoms with van der Waals surface area (Å²) in [5.41, 5.74) is 2.21.